The van der Waals surface area contributed by atoms with Crippen LogP contribution in [0.15, 0.2) is 39.8 Å². The van der Waals surface area contributed by atoms with Crippen LogP contribution in [-0.4, -0.2) is 19.8 Å². The Balaban J connectivity index is 2.23. The fourth-order valence-corrected chi connectivity index (χ4v) is 3.59. The van der Waals surface area contributed by atoms with Gasteiger partial charge in [-0.3, -0.25) is 0 Å². The summed E-state index contributed by atoms with van der Waals surface area (Å²) in [7, 11) is -4.06. The summed E-state index contributed by atoms with van der Waals surface area (Å²) >= 11 is 0. The highest BCUT2D eigenvalue weighted by atomic mass is 32.2. The number of nitrogens with zero attached hydrogens (tertiary/aromatic N) is 1. The number of aromatic nitrogens is 1. The van der Waals surface area contributed by atoms with Gasteiger partial charge in [-0.2, -0.15) is 0 Å². The highest BCUT2D eigenvalue weighted by Crippen LogP contribution is 2.36. The van der Waals surface area contributed by atoms with Crippen molar-refractivity contribution in [2.45, 2.75) is 18.7 Å². The van der Waals surface area contributed by atoms with E-state index in [4.69, 9.17) is 4.52 Å². The SMILES string of the molecule is Cc1cc(-c2noc(C)c2-c2cc(F)c(S(C)(=O)=O)c(F)c2)ccc1F. The molecule has 8 heteroatoms. The lowest BCUT2D eigenvalue weighted by molar-refractivity contribution is 0.400. The highest BCUT2D eigenvalue weighted by molar-refractivity contribution is 7.90. The van der Waals surface area contributed by atoms with Crippen molar-refractivity contribution in [1.29, 1.82) is 0 Å². The summed E-state index contributed by atoms with van der Waals surface area (Å²) in [4.78, 5) is -0.991. The molecule has 0 radical (unpaired) electrons. The molecule has 0 aliphatic rings. The van der Waals surface area contributed by atoms with Gasteiger partial charge in [0.05, 0.1) is 5.56 Å². The molecule has 1 aromatic heterocycles. The van der Waals surface area contributed by atoms with Crippen molar-refractivity contribution >= 4 is 9.84 Å². The summed E-state index contributed by atoms with van der Waals surface area (Å²) in [5.74, 6) is -2.52. The van der Waals surface area contributed by atoms with Crippen molar-refractivity contribution in [1.82, 2.24) is 5.16 Å². The van der Waals surface area contributed by atoms with Gasteiger partial charge in [-0.15, -0.1) is 0 Å². The molecule has 3 aromatic rings. The summed E-state index contributed by atoms with van der Waals surface area (Å²) in [6, 6.07) is 6.10. The molecule has 1 heterocycles. The minimum atomic E-state index is -4.06. The lowest BCUT2D eigenvalue weighted by atomic mass is 9.98. The van der Waals surface area contributed by atoms with Crippen LogP contribution >= 0.6 is 0 Å². The normalized spacial score (nSPS) is 11.8. The molecular weight excluding hydrogens is 367 g/mol. The Hall–Kier alpha value is -2.61. The van der Waals surface area contributed by atoms with Crippen LogP contribution in [0.2, 0.25) is 0 Å². The van der Waals surface area contributed by atoms with Crippen LogP contribution < -0.4 is 0 Å². The lowest BCUT2D eigenvalue weighted by Crippen LogP contribution is -2.05. The molecule has 0 atom stereocenters. The first kappa shape index (κ1) is 18.2. The van der Waals surface area contributed by atoms with Crippen LogP contribution in [0, 0.1) is 31.3 Å². The predicted molar refractivity (Wildman–Crippen MR) is 89.8 cm³/mol. The van der Waals surface area contributed by atoms with Crippen molar-refractivity contribution in [2.24, 2.45) is 0 Å². The number of rotatable bonds is 3. The summed E-state index contributed by atoms with van der Waals surface area (Å²) in [5, 5.41) is 3.90. The van der Waals surface area contributed by atoms with Crippen molar-refractivity contribution in [2.75, 3.05) is 6.26 Å². The second-order valence-electron chi connectivity index (χ2n) is 5.97. The number of hydrogen-bond acceptors (Lipinski definition) is 4. The van der Waals surface area contributed by atoms with Crippen LogP contribution in [-0.2, 0) is 9.84 Å². The average Bonchev–Trinajstić information content (AvgIpc) is 2.89. The summed E-state index contributed by atoms with van der Waals surface area (Å²) in [5.41, 5.74) is 1.52. The first-order valence-electron chi connectivity index (χ1n) is 7.52. The van der Waals surface area contributed by atoms with Crippen molar-refractivity contribution in [3.63, 3.8) is 0 Å². The monoisotopic (exact) mass is 381 g/mol. The average molecular weight is 381 g/mol. The smallest absolute Gasteiger partial charge is 0.181 e. The molecular formula is C18H14F3NO3S. The van der Waals surface area contributed by atoms with Crippen LogP contribution in [0.4, 0.5) is 13.2 Å². The van der Waals surface area contributed by atoms with E-state index in [9.17, 15) is 21.6 Å². The molecule has 0 aliphatic carbocycles. The van der Waals surface area contributed by atoms with E-state index in [1.165, 1.54) is 18.2 Å². The van der Waals surface area contributed by atoms with Gasteiger partial charge in [0.25, 0.3) is 0 Å². The van der Waals surface area contributed by atoms with Gasteiger partial charge < -0.3 is 4.52 Å². The number of halogens is 3. The maximum absolute atomic E-state index is 14.3. The molecule has 0 saturated carbocycles. The lowest BCUT2D eigenvalue weighted by Gasteiger charge is -2.08. The topological polar surface area (TPSA) is 60.2 Å². The molecule has 0 fully saturated rings. The largest absolute Gasteiger partial charge is 0.360 e. The molecule has 136 valence electrons. The number of sulfone groups is 1. The van der Waals surface area contributed by atoms with Gasteiger partial charge in [-0.1, -0.05) is 5.16 Å². The Morgan fingerprint density at radius 1 is 0.923 bits per heavy atom. The van der Waals surface area contributed by atoms with Gasteiger partial charge in [0.1, 0.15) is 33.8 Å². The molecule has 0 unspecified atom stereocenters. The molecule has 4 nitrogen and oxygen atoms in total. The van der Waals surface area contributed by atoms with Gasteiger partial charge in [0, 0.05) is 11.8 Å². The maximum Gasteiger partial charge on any atom is 0.181 e. The van der Waals surface area contributed by atoms with Crippen molar-refractivity contribution in [3.05, 3.63) is 59.1 Å². The third kappa shape index (κ3) is 3.12. The van der Waals surface area contributed by atoms with E-state index in [1.54, 1.807) is 13.8 Å². The zero-order valence-electron chi connectivity index (χ0n) is 14.1. The second kappa shape index (κ2) is 6.28. The fraction of sp³-hybridized carbons (Fsp3) is 0.167. The molecule has 0 bridgehead atoms. The van der Waals surface area contributed by atoms with Gasteiger partial charge in [0.15, 0.2) is 9.84 Å². The molecule has 0 N–H and O–H groups in total. The zero-order chi connectivity index (χ0) is 19.2. The van der Waals surface area contributed by atoms with E-state index in [2.05, 4.69) is 5.16 Å². The van der Waals surface area contributed by atoms with E-state index in [-0.39, 0.29) is 17.0 Å². The molecule has 26 heavy (non-hydrogen) atoms. The van der Waals surface area contributed by atoms with Crippen molar-refractivity contribution in [3.8, 4) is 22.4 Å². The van der Waals surface area contributed by atoms with E-state index in [1.807, 2.05) is 0 Å². The summed E-state index contributed by atoms with van der Waals surface area (Å²) < 4.78 is 70.3. The Morgan fingerprint density at radius 3 is 2.08 bits per heavy atom. The van der Waals surface area contributed by atoms with Crippen molar-refractivity contribution < 1.29 is 26.1 Å². The minimum absolute atomic E-state index is 0.0723. The van der Waals surface area contributed by atoms with E-state index >= 15 is 0 Å². The minimum Gasteiger partial charge on any atom is -0.360 e. The van der Waals surface area contributed by atoms with Gasteiger partial charge in [-0.05, 0) is 55.3 Å². The van der Waals surface area contributed by atoms with E-state index < -0.39 is 32.2 Å². The van der Waals surface area contributed by atoms with Crippen LogP contribution in [0.5, 0.6) is 0 Å². The Morgan fingerprint density at radius 2 is 1.54 bits per heavy atom. The first-order valence-corrected chi connectivity index (χ1v) is 9.41. The second-order valence-corrected chi connectivity index (χ2v) is 7.92. The first-order chi connectivity index (χ1) is 12.1. The molecule has 0 aliphatic heterocycles. The van der Waals surface area contributed by atoms with Gasteiger partial charge in [0.2, 0.25) is 0 Å². The maximum atomic E-state index is 14.3. The third-order valence-electron chi connectivity index (χ3n) is 3.95. The van der Waals surface area contributed by atoms with Crippen LogP contribution in [0.25, 0.3) is 22.4 Å². The Bertz CT molecular complexity index is 1100. The van der Waals surface area contributed by atoms with E-state index in [0.717, 1.165) is 18.4 Å². The third-order valence-corrected chi connectivity index (χ3v) is 5.08. The number of aryl methyl sites for hydroxylation is 2. The van der Waals surface area contributed by atoms with Gasteiger partial charge >= 0.3 is 0 Å². The Labute approximate surface area is 148 Å². The predicted octanol–water partition coefficient (Wildman–Crippen LogP) is 4.45. The Kier molecular flexibility index (Phi) is 4.39. The molecule has 2 aromatic carbocycles. The number of benzene rings is 2. The van der Waals surface area contributed by atoms with Crippen LogP contribution in [0.3, 0.4) is 0 Å². The summed E-state index contributed by atoms with van der Waals surface area (Å²) in [6.45, 7) is 3.13. The van der Waals surface area contributed by atoms with E-state index in [0.29, 0.717) is 16.7 Å². The molecule has 0 amide bonds. The summed E-state index contributed by atoms with van der Waals surface area (Å²) in [6.07, 6.45) is 0.728. The molecule has 0 spiro atoms. The highest BCUT2D eigenvalue weighted by Gasteiger charge is 2.24. The number of hydrogen-bond donors (Lipinski definition) is 0. The zero-order valence-corrected chi connectivity index (χ0v) is 14.9. The fourth-order valence-electron chi connectivity index (χ4n) is 2.76. The standard InChI is InChI=1S/C18H14F3NO3S/c1-9-6-11(4-5-13(9)19)17-16(10(2)25-22-17)12-7-14(20)18(15(21)8-12)26(3,23)24/h4-8H,1-3H3. The van der Waals surface area contributed by atoms with Crippen LogP contribution in [0.1, 0.15) is 11.3 Å². The molecule has 3 rings (SSSR count). The van der Waals surface area contributed by atoms with Gasteiger partial charge in [-0.25, -0.2) is 21.6 Å². The molecule has 0 saturated heterocycles. The quantitative estimate of drug-likeness (QED) is 0.673.